The second-order valence-electron chi connectivity index (χ2n) is 7.57. The molecule has 2 aliphatic rings. The second-order valence-corrected chi connectivity index (χ2v) is 7.57. The van der Waals surface area contributed by atoms with Crippen molar-refractivity contribution in [1.82, 2.24) is 15.5 Å². The fourth-order valence-corrected chi connectivity index (χ4v) is 3.77. The molecule has 1 saturated heterocycles. The normalized spacial score (nSPS) is 17.7. The Morgan fingerprint density at radius 2 is 1.89 bits per heavy atom. The predicted molar refractivity (Wildman–Crippen MR) is 105 cm³/mol. The van der Waals surface area contributed by atoms with E-state index in [0.29, 0.717) is 31.7 Å². The summed E-state index contributed by atoms with van der Waals surface area (Å²) in [4.78, 5) is 38.0. The van der Waals surface area contributed by atoms with E-state index in [1.54, 1.807) is 11.0 Å². The van der Waals surface area contributed by atoms with Crippen LogP contribution < -0.4 is 10.6 Å². The first-order chi connectivity index (χ1) is 13.6. The molecular formula is C21H29N3O4. The number of nitrogens with zero attached hydrogens (tertiary/aromatic N) is 1. The third-order valence-corrected chi connectivity index (χ3v) is 5.54. The molecule has 0 unspecified atom stereocenters. The number of piperidine rings is 1. The molecule has 3 rings (SSSR count). The molecule has 1 aliphatic heterocycles. The first-order valence-corrected chi connectivity index (χ1v) is 10.2. The first kappa shape index (κ1) is 20.2. The third-order valence-electron chi connectivity index (χ3n) is 5.54. The van der Waals surface area contributed by atoms with Crippen LogP contribution in [-0.2, 0) is 9.59 Å². The number of amides is 3. The van der Waals surface area contributed by atoms with Crippen molar-refractivity contribution in [1.29, 1.82) is 0 Å². The molecule has 0 spiro atoms. The number of likely N-dealkylation sites (tertiary alicyclic amines) is 1. The molecule has 1 fully saturated rings. The van der Waals surface area contributed by atoms with Crippen LogP contribution in [0.1, 0.15) is 55.3 Å². The Balaban J connectivity index is 1.31. The highest BCUT2D eigenvalue weighted by molar-refractivity contribution is 6.35. The van der Waals surface area contributed by atoms with E-state index >= 15 is 0 Å². The first-order valence-electron chi connectivity index (χ1n) is 10.2. The predicted octanol–water partition coefficient (Wildman–Crippen LogP) is 2.25. The maximum Gasteiger partial charge on any atom is 0.309 e. The lowest BCUT2D eigenvalue weighted by atomic mass is 9.96. The molecule has 2 heterocycles. The smallest absolute Gasteiger partial charge is 0.309 e. The van der Waals surface area contributed by atoms with Crippen LogP contribution in [0.15, 0.2) is 34.7 Å². The fourth-order valence-electron chi connectivity index (χ4n) is 3.77. The molecule has 1 aliphatic carbocycles. The Bertz CT molecular complexity index is 703. The van der Waals surface area contributed by atoms with Gasteiger partial charge in [-0.3, -0.25) is 14.4 Å². The number of rotatable bonds is 6. The van der Waals surface area contributed by atoms with Gasteiger partial charge in [0, 0.05) is 26.2 Å². The number of carbonyl (C=O) groups is 3. The van der Waals surface area contributed by atoms with E-state index in [0.717, 1.165) is 32.1 Å². The summed E-state index contributed by atoms with van der Waals surface area (Å²) in [5.41, 5.74) is 1.94. The van der Waals surface area contributed by atoms with Gasteiger partial charge >= 0.3 is 11.8 Å². The van der Waals surface area contributed by atoms with Gasteiger partial charge in [0.25, 0.3) is 5.91 Å². The monoisotopic (exact) mass is 387 g/mol. The van der Waals surface area contributed by atoms with E-state index < -0.39 is 11.8 Å². The van der Waals surface area contributed by atoms with Crippen LogP contribution in [0.2, 0.25) is 0 Å². The third kappa shape index (κ3) is 5.71. The molecule has 152 valence electrons. The Labute approximate surface area is 165 Å². The lowest BCUT2D eigenvalue weighted by Gasteiger charge is -2.31. The van der Waals surface area contributed by atoms with Gasteiger partial charge in [-0.25, -0.2) is 0 Å². The zero-order valence-electron chi connectivity index (χ0n) is 16.2. The summed E-state index contributed by atoms with van der Waals surface area (Å²) >= 11 is 0. The topological polar surface area (TPSA) is 91.7 Å². The van der Waals surface area contributed by atoms with Crippen molar-refractivity contribution in [2.24, 2.45) is 5.92 Å². The van der Waals surface area contributed by atoms with E-state index in [9.17, 15) is 14.4 Å². The van der Waals surface area contributed by atoms with Gasteiger partial charge in [-0.2, -0.15) is 0 Å². The molecule has 0 bridgehead atoms. The molecule has 0 atom stereocenters. The zero-order chi connectivity index (χ0) is 19.8. The number of nitrogens with one attached hydrogen (secondary N) is 2. The maximum atomic E-state index is 12.3. The lowest BCUT2D eigenvalue weighted by molar-refractivity contribution is -0.139. The average Bonchev–Trinajstić information content (AvgIpc) is 3.27. The van der Waals surface area contributed by atoms with Crippen molar-refractivity contribution in [2.45, 2.75) is 44.9 Å². The molecule has 28 heavy (non-hydrogen) atoms. The molecule has 0 saturated carbocycles. The van der Waals surface area contributed by atoms with Crippen LogP contribution in [-0.4, -0.2) is 48.8 Å². The van der Waals surface area contributed by atoms with Crippen molar-refractivity contribution in [3.63, 3.8) is 0 Å². The van der Waals surface area contributed by atoms with Gasteiger partial charge in [0.15, 0.2) is 0 Å². The van der Waals surface area contributed by atoms with Crippen molar-refractivity contribution < 1.29 is 18.8 Å². The Kier molecular flexibility index (Phi) is 7.28. The number of carbonyl (C=O) groups excluding carboxylic acids is 3. The Morgan fingerprint density at radius 3 is 2.57 bits per heavy atom. The van der Waals surface area contributed by atoms with E-state index in [2.05, 4.69) is 16.7 Å². The SMILES string of the molecule is O=C(NCCC1=CCCCC1)C(=O)NCC1CCN(C(=O)c2ccoc2)CC1. The minimum absolute atomic E-state index is 0.0244. The highest BCUT2D eigenvalue weighted by Gasteiger charge is 2.25. The number of hydrogen-bond acceptors (Lipinski definition) is 4. The largest absolute Gasteiger partial charge is 0.472 e. The summed E-state index contributed by atoms with van der Waals surface area (Å²) in [7, 11) is 0. The summed E-state index contributed by atoms with van der Waals surface area (Å²) in [6.45, 7) is 2.26. The van der Waals surface area contributed by atoms with E-state index in [-0.39, 0.29) is 11.8 Å². The van der Waals surface area contributed by atoms with Crippen molar-refractivity contribution in [2.75, 3.05) is 26.2 Å². The van der Waals surface area contributed by atoms with Gasteiger partial charge in [-0.15, -0.1) is 0 Å². The maximum absolute atomic E-state index is 12.3. The lowest BCUT2D eigenvalue weighted by Crippen LogP contribution is -2.45. The number of furan rings is 1. The van der Waals surface area contributed by atoms with Gasteiger partial charge in [0.05, 0.1) is 11.8 Å². The molecule has 2 N–H and O–H groups in total. The minimum Gasteiger partial charge on any atom is -0.472 e. The average molecular weight is 387 g/mol. The highest BCUT2D eigenvalue weighted by Crippen LogP contribution is 2.20. The molecule has 1 aromatic heterocycles. The van der Waals surface area contributed by atoms with Crippen LogP contribution in [0.5, 0.6) is 0 Å². The summed E-state index contributed by atoms with van der Waals surface area (Å²) in [6, 6.07) is 1.66. The van der Waals surface area contributed by atoms with Crippen molar-refractivity contribution in [3.8, 4) is 0 Å². The van der Waals surface area contributed by atoms with Gasteiger partial charge in [-0.05, 0) is 56.9 Å². The van der Waals surface area contributed by atoms with Gasteiger partial charge < -0.3 is 20.0 Å². The van der Waals surface area contributed by atoms with Crippen molar-refractivity contribution in [3.05, 3.63) is 35.8 Å². The number of allylic oxidation sites excluding steroid dienone is 1. The van der Waals surface area contributed by atoms with Crippen LogP contribution in [0.25, 0.3) is 0 Å². The molecule has 1 aromatic rings. The van der Waals surface area contributed by atoms with E-state index in [1.165, 1.54) is 30.9 Å². The van der Waals surface area contributed by atoms with Crippen LogP contribution in [0, 0.1) is 5.92 Å². The summed E-state index contributed by atoms with van der Waals surface area (Å²) in [6.07, 6.45) is 12.3. The summed E-state index contributed by atoms with van der Waals surface area (Å²) < 4.78 is 4.96. The van der Waals surface area contributed by atoms with Gasteiger partial charge in [0.2, 0.25) is 0 Å². The fraction of sp³-hybridized carbons (Fsp3) is 0.571. The molecule has 0 aromatic carbocycles. The van der Waals surface area contributed by atoms with Gasteiger partial charge in [-0.1, -0.05) is 11.6 Å². The van der Waals surface area contributed by atoms with Crippen LogP contribution >= 0.6 is 0 Å². The molecule has 7 heteroatoms. The standard InChI is InChI=1S/C21H29N3O4/c25-19(22-10-6-16-4-2-1-3-5-16)20(26)23-14-17-7-11-24(12-8-17)21(27)18-9-13-28-15-18/h4,9,13,15,17H,1-3,5-8,10-12,14H2,(H,22,25)(H,23,26). The summed E-state index contributed by atoms with van der Waals surface area (Å²) in [5.74, 6) is -0.889. The molecule has 3 amide bonds. The quantitative estimate of drug-likeness (QED) is 0.579. The molecule has 7 nitrogen and oxygen atoms in total. The molecule has 0 radical (unpaired) electrons. The minimum atomic E-state index is -0.575. The highest BCUT2D eigenvalue weighted by atomic mass is 16.3. The summed E-state index contributed by atoms with van der Waals surface area (Å²) in [5, 5.41) is 5.43. The Morgan fingerprint density at radius 1 is 1.11 bits per heavy atom. The van der Waals surface area contributed by atoms with E-state index in [1.807, 2.05) is 0 Å². The van der Waals surface area contributed by atoms with E-state index in [4.69, 9.17) is 4.42 Å². The Hall–Kier alpha value is -2.57. The zero-order valence-corrected chi connectivity index (χ0v) is 16.2. The van der Waals surface area contributed by atoms with Crippen LogP contribution in [0.4, 0.5) is 0 Å². The van der Waals surface area contributed by atoms with Crippen LogP contribution in [0.3, 0.4) is 0 Å². The molecular weight excluding hydrogens is 358 g/mol. The van der Waals surface area contributed by atoms with Crippen molar-refractivity contribution >= 4 is 17.7 Å². The number of hydrogen-bond donors (Lipinski definition) is 2. The second kappa shape index (κ2) is 10.1. The van der Waals surface area contributed by atoms with Gasteiger partial charge in [0.1, 0.15) is 6.26 Å².